The van der Waals surface area contributed by atoms with Crippen molar-refractivity contribution in [1.82, 2.24) is 4.90 Å². The molecule has 1 fully saturated rings. The lowest BCUT2D eigenvalue weighted by molar-refractivity contribution is -0.126. The molecule has 0 saturated carbocycles. The summed E-state index contributed by atoms with van der Waals surface area (Å²) in [6, 6.07) is 20.2. The van der Waals surface area contributed by atoms with E-state index in [1.807, 2.05) is 53.4 Å². The molecule has 1 aliphatic rings. The van der Waals surface area contributed by atoms with E-state index in [-0.39, 0.29) is 11.8 Å². The van der Waals surface area contributed by atoms with Crippen molar-refractivity contribution in [2.75, 3.05) is 50.6 Å². The first-order valence-corrected chi connectivity index (χ1v) is 12.0. The molecule has 1 heterocycles. The summed E-state index contributed by atoms with van der Waals surface area (Å²) >= 11 is 6.58. The molecule has 4 rings (SSSR count). The number of ether oxygens (including phenoxy) is 2. The molecule has 36 heavy (non-hydrogen) atoms. The Hall–Kier alpha value is -3.97. The van der Waals surface area contributed by atoms with Gasteiger partial charge in [0.15, 0.2) is 0 Å². The number of carbonyl (C=O) groups excluding carboxylic acids is 2. The average Bonchev–Trinajstić information content (AvgIpc) is 2.92. The molecule has 0 atom stereocenters. The maximum absolute atomic E-state index is 12.8. The molecule has 0 aromatic heterocycles. The Morgan fingerprint density at radius 3 is 2.17 bits per heavy atom. The van der Waals surface area contributed by atoms with Crippen LogP contribution in [0.4, 0.5) is 11.4 Å². The van der Waals surface area contributed by atoms with Crippen LogP contribution in [0.5, 0.6) is 11.5 Å². The van der Waals surface area contributed by atoms with Crippen LogP contribution in [-0.4, -0.2) is 57.1 Å². The summed E-state index contributed by atoms with van der Waals surface area (Å²) in [5, 5.41) is 3.40. The van der Waals surface area contributed by atoms with Crippen LogP contribution in [0.3, 0.4) is 0 Å². The van der Waals surface area contributed by atoms with E-state index in [0.717, 1.165) is 11.3 Å². The molecule has 2 amide bonds. The number of anilines is 2. The SMILES string of the molecule is COc1cc(OC)cc(C(=O)Nc2ccc(N3CCN(C(=O)/C=C/c4ccccc4)CC3)c(Cl)c2)c1. The van der Waals surface area contributed by atoms with Crippen LogP contribution in [0, 0.1) is 0 Å². The maximum Gasteiger partial charge on any atom is 0.255 e. The van der Waals surface area contributed by atoms with Crippen molar-refractivity contribution < 1.29 is 19.1 Å². The molecule has 3 aromatic rings. The molecule has 0 spiro atoms. The normalized spacial score (nSPS) is 13.5. The van der Waals surface area contributed by atoms with Crippen LogP contribution in [0.1, 0.15) is 15.9 Å². The van der Waals surface area contributed by atoms with Crippen LogP contribution in [0.15, 0.2) is 72.8 Å². The second kappa shape index (κ2) is 11.6. The lowest BCUT2D eigenvalue weighted by atomic mass is 10.1. The van der Waals surface area contributed by atoms with E-state index in [2.05, 4.69) is 10.2 Å². The third-order valence-electron chi connectivity index (χ3n) is 5.97. The lowest BCUT2D eigenvalue weighted by Gasteiger charge is -2.36. The number of carbonyl (C=O) groups is 2. The summed E-state index contributed by atoms with van der Waals surface area (Å²) in [6.45, 7) is 2.54. The second-order valence-electron chi connectivity index (χ2n) is 8.28. The zero-order valence-electron chi connectivity index (χ0n) is 20.2. The fraction of sp³-hybridized carbons (Fsp3) is 0.214. The molecule has 1 saturated heterocycles. The largest absolute Gasteiger partial charge is 0.497 e. The zero-order chi connectivity index (χ0) is 25.5. The fourth-order valence-electron chi connectivity index (χ4n) is 3.99. The van der Waals surface area contributed by atoms with Crippen molar-refractivity contribution in [3.63, 3.8) is 0 Å². The Morgan fingerprint density at radius 1 is 0.889 bits per heavy atom. The lowest BCUT2D eigenvalue weighted by Crippen LogP contribution is -2.48. The summed E-state index contributed by atoms with van der Waals surface area (Å²) in [5.74, 6) is 0.755. The number of rotatable bonds is 7. The number of amides is 2. The quantitative estimate of drug-likeness (QED) is 0.459. The number of methoxy groups -OCH3 is 2. The van der Waals surface area contributed by atoms with Gasteiger partial charge in [-0.25, -0.2) is 0 Å². The zero-order valence-corrected chi connectivity index (χ0v) is 21.0. The van der Waals surface area contributed by atoms with Crippen LogP contribution >= 0.6 is 11.6 Å². The minimum Gasteiger partial charge on any atom is -0.497 e. The first-order valence-electron chi connectivity index (χ1n) is 11.6. The van der Waals surface area contributed by atoms with Gasteiger partial charge in [0.25, 0.3) is 5.91 Å². The van der Waals surface area contributed by atoms with E-state index in [1.54, 1.807) is 30.3 Å². The standard InChI is InChI=1S/C28H28ClN3O4/c1-35-23-16-21(17-24(19-23)36-2)28(34)30-22-9-10-26(25(29)18-22)31-12-14-32(15-13-31)27(33)11-8-20-6-4-3-5-7-20/h3-11,16-19H,12-15H2,1-2H3,(H,30,34)/b11-8+. The molecular formula is C28H28ClN3O4. The van der Waals surface area contributed by atoms with Crippen molar-refractivity contribution in [3.8, 4) is 11.5 Å². The monoisotopic (exact) mass is 505 g/mol. The molecule has 186 valence electrons. The Bertz CT molecular complexity index is 1230. The highest BCUT2D eigenvalue weighted by Crippen LogP contribution is 2.30. The minimum absolute atomic E-state index is 0.00293. The van der Waals surface area contributed by atoms with E-state index < -0.39 is 0 Å². The molecule has 1 aliphatic heterocycles. The van der Waals surface area contributed by atoms with Crippen molar-refractivity contribution >= 4 is 40.9 Å². The van der Waals surface area contributed by atoms with E-state index >= 15 is 0 Å². The van der Waals surface area contributed by atoms with Crippen LogP contribution in [0.25, 0.3) is 6.08 Å². The molecule has 3 aromatic carbocycles. The highest BCUT2D eigenvalue weighted by molar-refractivity contribution is 6.33. The molecule has 0 unspecified atom stereocenters. The molecule has 0 radical (unpaired) electrons. The highest BCUT2D eigenvalue weighted by Gasteiger charge is 2.21. The van der Waals surface area contributed by atoms with E-state index in [4.69, 9.17) is 21.1 Å². The number of nitrogens with zero attached hydrogens (tertiary/aromatic N) is 2. The first kappa shape index (κ1) is 25.1. The van der Waals surface area contributed by atoms with E-state index in [0.29, 0.717) is 54.0 Å². The molecule has 0 aliphatic carbocycles. The number of piperazine rings is 1. The Kier molecular flexibility index (Phi) is 8.13. The minimum atomic E-state index is -0.299. The molecular weight excluding hydrogens is 478 g/mol. The van der Waals surface area contributed by atoms with Crippen molar-refractivity contribution in [2.45, 2.75) is 0 Å². The van der Waals surface area contributed by atoms with Gasteiger partial charge >= 0.3 is 0 Å². The Morgan fingerprint density at radius 2 is 1.56 bits per heavy atom. The van der Waals surface area contributed by atoms with Gasteiger partial charge in [0.1, 0.15) is 11.5 Å². The van der Waals surface area contributed by atoms with Gasteiger partial charge in [-0.3, -0.25) is 9.59 Å². The predicted molar refractivity (Wildman–Crippen MR) is 143 cm³/mol. The molecule has 1 N–H and O–H groups in total. The third-order valence-corrected chi connectivity index (χ3v) is 6.27. The van der Waals surface area contributed by atoms with Gasteiger partial charge in [-0.05, 0) is 42.0 Å². The first-order chi connectivity index (χ1) is 17.5. The van der Waals surface area contributed by atoms with Gasteiger partial charge in [-0.2, -0.15) is 0 Å². The van der Waals surface area contributed by atoms with Gasteiger partial charge in [0.2, 0.25) is 5.91 Å². The Labute approximate surface area is 215 Å². The summed E-state index contributed by atoms with van der Waals surface area (Å²) in [4.78, 5) is 29.3. The van der Waals surface area contributed by atoms with Gasteiger partial charge < -0.3 is 24.6 Å². The number of nitrogens with one attached hydrogen (secondary N) is 1. The molecule has 8 heteroatoms. The Balaban J connectivity index is 1.36. The van der Waals surface area contributed by atoms with Gasteiger partial charge in [0, 0.05) is 49.6 Å². The van der Waals surface area contributed by atoms with Crippen LogP contribution in [0.2, 0.25) is 5.02 Å². The van der Waals surface area contributed by atoms with E-state index in [1.165, 1.54) is 14.2 Å². The average molecular weight is 506 g/mol. The predicted octanol–water partition coefficient (Wildman–Crippen LogP) is 4.97. The second-order valence-corrected chi connectivity index (χ2v) is 8.69. The van der Waals surface area contributed by atoms with Gasteiger partial charge in [-0.15, -0.1) is 0 Å². The van der Waals surface area contributed by atoms with Crippen LogP contribution < -0.4 is 19.7 Å². The smallest absolute Gasteiger partial charge is 0.255 e. The summed E-state index contributed by atoms with van der Waals surface area (Å²) in [6.07, 6.45) is 3.45. The number of halogens is 1. The van der Waals surface area contributed by atoms with E-state index in [9.17, 15) is 9.59 Å². The maximum atomic E-state index is 12.8. The third kappa shape index (κ3) is 6.17. The van der Waals surface area contributed by atoms with Crippen molar-refractivity contribution in [3.05, 3.63) is 89.0 Å². The summed E-state index contributed by atoms with van der Waals surface area (Å²) < 4.78 is 10.5. The molecule has 0 bridgehead atoms. The van der Waals surface area contributed by atoms with Crippen molar-refractivity contribution in [1.29, 1.82) is 0 Å². The fourth-order valence-corrected chi connectivity index (χ4v) is 4.29. The number of hydrogen-bond acceptors (Lipinski definition) is 5. The van der Waals surface area contributed by atoms with Crippen LogP contribution in [-0.2, 0) is 4.79 Å². The number of hydrogen-bond donors (Lipinski definition) is 1. The highest BCUT2D eigenvalue weighted by atomic mass is 35.5. The topological polar surface area (TPSA) is 71.1 Å². The number of benzene rings is 3. The van der Waals surface area contributed by atoms with Gasteiger partial charge in [-0.1, -0.05) is 41.9 Å². The summed E-state index contributed by atoms with van der Waals surface area (Å²) in [7, 11) is 3.07. The van der Waals surface area contributed by atoms with Gasteiger partial charge in [0.05, 0.1) is 24.9 Å². The van der Waals surface area contributed by atoms with Crippen molar-refractivity contribution in [2.24, 2.45) is 0 Å². The molecule has 7 nitrogen and oxygen atoms in total. The summed E-state index contributed by atoms with van der Waals surface area (Å²) in [5.41, 5.74) is 2.85.